The largest absolute Gasteiger partial charge is 0.433 e. The fourth-order valence-electron chi connectivity index (χ4n) is 1.38. The van der Waals surface area contributed by atoms with E-state index in [4.69, 9.17) is 5.11 Å². The number of aliphatic hydroxyl groups is 1. The Morgan fingerprint density at radius 3 is 2.38 bits per heavy atom. The number of nitrogens with one attached hydrogen (secondary N) is 2. The van der Waals surface area contributed by atoms with Crippen molar-refractivity contribution in [3.05, 3.63) is 11.8 Å². The highest BCUT2D eigenvalue weighted by atomic mass is 19.4. The molecular weight excluding hydrogens is 285 g/mol. The van der Waals surface area contributed by atoms with Gasteiger partial charge in [-0.25, -0.2) is 4.98 Å². The first kappa shape index (κ1) is 17.5. The molecule has 0 aliphatic rings. The van der Waals surface area contributed by atoms with Crippen molar-refractivity contribution in [1.29, 1.82) is 0 Å². The first-order valence-electron chi connectivity index (χ1n) is 6.73. The van der Waals surface area contributed by atoms with Crippen LogP contribution in [0, 0.1) is 5.41 Å². The summed E-state index contributed by atoms with van der Waals surface area (Å²) in [5.74, 6) is 0.0217. The average Bonchev–Trinajstić information content (AvgIpc) is 2.42. The first-order chi connectivity index (χ1) is 9.68. The molecule has 1 heterocycles. The van der Waals surface area contributed by atoms with Crippen molar-refractivity contribution in [2.45, 2.75) is 33.4 Å². The first-order valence-corrected chi connectivity index (χ1v) is 6.73. The van der Waals surface area contributed by atoms with Crippen LogP contribution in [0.1, 0.15) is 32.9 Å². The van der Waals surface area contributed by atoms with Crippen LogP contribution in [0.5, 0.6) is 0 Å². The molecule has 0 aliphatic heterocycles. The lowest BCUT2D eigenvalue weighted by Crippen LogP contribution is -2.27. The fraction of sp³-hybridized carbons (Fsp3) is 0.692. The molecule has 0 atom stereocenters. The Kier molecular flexibility index (Phi) is 5.77. The normalized spacial score (nSPS) is 12.3. The van der Waals surface area contributed by atoms with E-state index in [1.807, 2.05) is 6.92 Å². The van der Waals surface area contributed by atoms with Crippen LogP contribution in [-0.4, -0.2) is 34.8 Å². The third-order valence-corrected chi connectivity index (χ3v) is 2.73. The van der Waals surface area contributed by atoms with E-state index in [1.165, 1.54) is 0 Å². The molecule has 3 N–H and O–H groups in total. The molecule has 21 heavy (non-hydrogen) atoms. The maximum atomic E-state index is 12.8. The molecule has 0 aromatic carbocycles. The number of aliphatic hydroxyl groups excluding tert-OH is 1. The number of anilines is 2. The number of hydrogen-bond donors (Lipinski definition) is 3. The van der Waals surface area contributed by atoms with E-state index in [0.29, 0.717) is 13.1 Å². The Bertz CT molecular complexity index is 463. The predicted octanol–water partition coefficient (Wildman–Crippen LogP) is 2.75. The van der Waals surface area contributed by atoms with E-state index in [0.717, 1.165) is 12.5 Å². The molecule has 0 saturated carbocycles. The van der Waals surface area contributed by atoms with Gasteiger partial charge >= 0.3 is 6.18 Å². The summed E-state index contributed by atoms with van der Waals surface area (Å²) >= 11 is 0. The van der Waals surface area contributed by atoms with Crippen LogP contribution in [0.4, 0.5) is 24.9 Å². The van der Waals surface area contributed by atoms with Gasteiger partial charge in [-0.2, -0.15) is 18.2 Å². The van der Waals surface area contributed by atoms with Gasteiger partial charge in [-0.15, -0.1) is 0 Å². The minimum Gasteiger partial charge on any atom is -0.396 e. The van der Waals surface area contributed by atoms with Crippen molar-refractivity contribution < 1.29 is 18.3 Å². The molecule has 5 nitrogen and oxygen atoms in total. The molecule has 0 aliphatic carbocycles. The fourth-order valence-corrected chi connectivity index (χ4v) is 1.38. The number of hydrogen-bond acceptors (Lipinski definition) is 5. The maximum absolute atomic E-state index is 12.8. The zero-order valence-electron chi connectivity index (χ0n) is 12.4. The number of nitrogens with zero attached hydrogens (tertiary/aromatic N) is 2. The Balaban J connectivity index is 2.96. The van der Waals surface area contributed by atoms with E-state index in [-0.39, 0.29) is 18.4 Å². The van der Waals surface area contributed by atoms with Crippen molar-refractivity contribution in [1.82, 2.24) is 9.97 Å². The van der Waals surface area contributed by atoms with Crippen molar-refractivity contribution in [3.8, 4) is 0 Å². The Morgan fingerprint density at radius 1 is 1.19 bits per heavy atom. The Hall–Kier alpha value is -1.57. The van der Waals surface area contributed by atoms with E-state index >= 15 is 0 Å². The van der Waals surface area contributed by atoms with Gasteiger partial charge in [0.15, 0.2) is 5.69 Å². The van der Waals surface area contributed by atoms with Crippen LogP contribution in [-0.2, 0) is 6.18 Å². The summed E-state index contributed by atoms with van der Waals surface area (Å²) in [6, 6.07) is 0.866. The van der Waals surface area contributed by atoms with E-state index in [9.17, 15) is 13.2 Å². The average molecular weight is 306 g/mol. The highest BCUT2D eigenvalue weighted by Gasteiger charge is 2.33. The van der Waals surface area contributed by atoms with Crippen LogP contribution in [0.15, 0.2) is 6.07 Å². The minimum atomic E-state index is -4.53. The Morgan fingerprint density at radius 2 is 1.86 bits per heavy atom. The van der Waals surface area contributed by atoms with Gasteiger partial charge in [0.2, 0.25) is 5.95 Å². The zero-order valence-corrected chi connectivity index (χ0v) is 12.4. The summed E-state index contributed by atoms with van der Waals surface area (Å²) < 4.78 is 38.5. The summed E-state index contributed by atoms with van der Waals surface area (Å²) in [6.45, 7) is 6.18. The summed E-state index contributed by atoms with van der Waals surface area (Å²) in [7, 11) is 0. The lowest BCUT2D eigenvalue weighted by atomic mass is 9.95. The molecule has 0 saturated heterocycles. The highest BCUT2D eigenvalue weighted by Crippen LogP contribution is 2.30. The molecule has 8 heteroatoms. The molecule has 1 aromatic rings. The van der Waals surface area contributed by atoms with E-state index < -0.39 is 17.3 Å². The summed E-state index contributed by atoms with van der Waals surface area (Å²) in [4.78, 5) is 7.48. The van der Waals surface area contributed by atoms with Gasteiger partial charge in [0.25, 0.3) is 0 Å². The summed E-state index contributed by atoms with van der Waals surface area (Å²) in [6.07, 6.45) is -3.78. The quantitative estimate of drug-likeness (QED) is 0.722. The monoisotopic (exact) mass is 306 g/mol. The van der Waals surface area contributed by atoms with Gasteiger partial charge in [-0.1, -0.05) is 20.8 Å². The number of aromatic nitrogens is 2. The molecule has 1 aromatic heterocycles. The summed E-state index contributed by atoms with van der Waals surface area (Å²) in [5.41, 5.74) is -1.46. The van der Waals surface area contributed by atoms with Crippen molar-refractivity contribution in [2.24, 2.45) is 5.41 Å². The number of rotatable bonds is 7. The van der Waals surface area contributed by atoms with Crippen molar-refractivity contribution in [3.63, 3.8) is 0 Å². The molecule has 0 radical (unpaired) electrons. The molecule has 0 bridgehead atoms. The topological polar surface area (TPSA) is 70.1 Å². The van der Waals surface area contributed by atoms with Crippen molar-refractivity contribution in [2.75, 3.05) is 30.3 Å². The second-order valence-corrected chi connectivity index (χ2v) is 5.56. The number of halogens is 3. The lowest BCUT2D eigenvalue weighted by molar-refractivity contribution is -0.141. The lowest BCUT2D eigenvalue weighted by Gasteiger charge is -2.22. The van der Waals surface area contributed by atoms with Gasteiger partial charge in [0, 0.05) is 31.2 Å². The minimum absolute atomic E-state index is 0.0593. The van der Waals surface area contributed by atoms with E-state index in [2.05, 4.69) is 20.6 Å². The molecule has 0 unspecified atom stereocenters. The van der Waals surface area contributed by atoms with Gasteiger partial charge in [0.05, 0.1) is 0 Å². The standard InChI is InChI=1S/C13H21F3N4O/c1-4-5-17-11-19-9(13(14,15)16)6-10(20-11)18-7-12(2,3)8-21/h6,21H,4-5,7-8H2,1-3H3,(H2,17,18,19,20). The van der Waals surface area contributed by atoms with Gasteiger partial charge in [0.1, 0.15) is 5.82 Å². The van der Waals surface area contributed by atoms with Gasteiger partial charge in [-0.05, 0) is 6.42 Å². The van der Waals surface area contributed by atoms with Crippen LogP contribution >= 0.6 is 0 Å². The van der Waals surface area contributed by atoms with Gasteiger partial charge < -0.3 is 15.7 Å². The SMILES string of the molecule is CCCNc1nc(NCC(C)(C)CO)cc(C(F)(F)F)n1. The van der Waals surface area contributed by atoms with Crippen molar-refractivity contribution >= 4 is 11.8 Å². The van der Waals surface area contributed by atoms with Gasteiger partial charge in [-0.3, -0.25) is 0 Å². The number of alkyl halides is 3. The molecule has 0 fully saturated rings. The molecular formula is C13H21F3N4O. The Labute approximate surface area is 122 Å². The summed E-state index contributed by atoms with van der Waals surface area (Å²) in [5, 5.41) is 14.7. The third-order valence-electron chi connectivity index (χ3n) is 2.73. The predicted molar refractivity (Wildman–Crippen MR) is 75.2 cm³/mol. The maximum Gasteiger partial charge on any atom is 0.433 e. The van der Waals surface area contributed by atoms with Crippen LogP contribution in [0.3, 0.4) is 0 Å². The molecule has 120 valence electrons. The van der Waals surface area contributed by atoms with Crippen LogP contribution in [0.25, 0.3) is 0 Å². The molecule has 0 amide bonds. The van der Waals surface area contributed by atoms with Crippen LogP contribution in [0.2, 0.25) is 0 Å². The van der Waals surface area contributed by atoms with E-state index in [1.54, 1.807) is 13.8 Å². The second kappa shape index (κ2) is 6.93. The second-order valence-electron chi connectivity index (χ2n) is 5.56. The molecule has 1 rings (SSSR count). The van der Waals surface area contributed by atoms with Crippen LogP contribution < -0.4 is 10.6 Å². The highest BCUT2D eigenvalue weighted by molar-refractivity contribution is 5.43. The zero-order chi connectivity index (χ0) is 16.1. The smallest absolute Gasteiger partial charge is 0.396 e. The molecule has 0 spiro atoms. The third kappa shape index (κ3) is 5.74.